The molecule has 0 saturated heterocycles. The van der Waals surface area contributed by atoms with Crippen molar-refractivity contribution in [1.82, 2.24) is 9.78 Å². The summed E-state index contributed by atoms with van der Waals surface area (Å²) in [4.78, 5) is 0. The van der Waals surface area contributed by atoms with Crippen molar-refractivity contribution in [2.75, 3.05) is 11.9 Å². The lowest BCUT2D eigenvalue weighted by Gasteiger charge is -2.18. The lowest BCUT2D eigenvalue weighted by Crippen LogP contribution is -2.12. The van der Waals surface area contributed by atoms with Crippen LogP contribution in [0.15, 0.2) is 30.5 Å². The predicted octanol–water partition coefficient (Wildman–Crippen LogP) is 3.25. The zero-order valence-electron chi connectivity index (χ0n) is 10.0. The molecule has 0 fully saturated rings. The van der Waals surface area contributed by atoms with Crippen molar-refractivity contribution < 1.29 is 13.2 Å². The molecule has 1 aliphatic rings. The minimum absolute atomic E-state index is 0.651. The average molecular weight is 267 g/mol. The van der Waals surface area contributed by atoms with E-state index < -0.39 is 11.9 Å². The third-order valence-corrected chi connectivity index (χ3v) is 3.17. The van der Waals surface area contributed by atoms with Gasteiger partial charge in [-0.1, -0.05) is 0 Å². The molecule has 0 saturated carbocycles. The molecule has 0 aliphatic carbocycles. The highest BCUT2D eigenvalue weighted by Crippen LogP contribution is 2.29. The minimum Gasteiger partial charge on any atom is -0.385 e. The minimum atomic E-state index is -4.40. The Morgan fingerprint density at radius 1 is 1.21 bits per heavy atom. The SMILES string of the molecule is FC(F)(F)c1ccn(-c2ccc3c(c2)CCCN3)n1. The maximum atomic E-state index is 12.5. The van der Waals surface area contributed by atoms with Gasteiger partial charge in [0.1, 0.15) is 0 Å². The maximum Gasteiger partial charge on any atom is 0.435 e. The van der Waals surface area contributed by atoms with Crippen LogP contribution in [0.1, 0.15) is 17.7 Å². The summed E-state index contributed by atoms with van der Waals surface area (Å²) in [5.41, 5.74) is 1.95. The van der Waals surface area contributed by atoms with Crippen LogP contribution in [0.2, 0.25) is 0 Å². The first-order chi connectivity index (χ1) is 9.04. The quantitative estimate of drug-likeness (QED) is 0.859. The van der Waals surface area contributed by atoms with E-state index in [2.05, 4.69) is 10.4 Å². The van der Waals surface area contributed by atoms with Crippen LogP contribution in [0.4, 0.5) is 18.9 Å². The molecule has 2 aromatic rings. The van der Waals surface area contributed by atoms with Crippen molar-refractivity contribution in [3.05, 3.63) is 41.7 Å². The molecule has 0 amide bonds. The molecule has 1 N–H and O–H groups in total. The number of fused-ring (bicyclic) bond motifs is 1. The molecule has 3 nitrogen and oxygen atoms in total. The maximum absolute atomic E-state index is 12.5. The van der Waals surface area contributed by atoms with Crippen LogP contribution in [0.5, 0.6) is 0 Å². The number of rotatable bonds is 1. The smallest absolute Gasteiger partial charge is 0.385 e. The van der Waals surface area contributed by atoms with Crippen molar-refractivity contribution in [2.45, 2.75) is 19.0 Å². The summed E-state index contributed by atoms with van der Waals surface area (Å²) in [6.45, 7) is 0.937. The van der Waals surface area contributed by atoms with Gasteiger partial charge in [0, 0.05) is 18.4 Å². The molecule has 0 radical (unpaired) electrons. The van der Waals surface area contributed by atoms with Crippen molar-refractivity contribution in [1.29, 1.82) is 0 Å². The van der Waals surface area contributed by atoms with Crippen LogP contribution in [0, 0.1) is 0 Å². The molecule has 100 valence electrons. The fraction of sp³-hybridized carbons (Fsp3) is 0.308. The number of aromatic nitrogens is 2. The molecule has 1 aromatic carbocycles. The molecular formula is C13H12F3N3. The molecule has 0 unspecified atom stereocenters. The summed E-state index contributed by atoms with van der Waals surface area (Å²) < 4.78 is 38.8. The van der Waals surface area contributed by atoms with Gasteiger partial charge in [-0.3, -0.25) is 0 Å². The topological polar surface area (TPSA) is 29.9 Å². The number of hydrogen-bond donors (Lipinski definition) is 1. The lowest BCUT2D eigenvalue weighted by molar-refractivity contribution is -0.141. The Labute approximate surface area is 108 Å². The van der Waals surface area contributed by atoms with E-state index in [0.29, 0.717) is 5.69 Å². The van der Waals surface area contributed by atoms with Gasteiger partial charge in [-0.2, -0.15) is 18.3 Å². The fourth-order valence-corrected chi connectivity index (χ4v) is 2.22. The normalized spacial score (nSPS) is 14.9. The molecule has 2 heterocycles. The van der Waals surface area contributed by atoms with Gasteiger partial charge >= 0.3 is 6.18 Å². The molecule has 19 heavy (non-hydrogen) atoms. The van der Waals surface area contributed by atoms with Crippen molar-refractivity contribution in [3.63, 3.8) is 0 Å². The molecule has 1 aliphatic heterocycles. The zero-order chi connectivity index (χ0) is 13.5. The van der Waals surface area contributed by atoms with Crippen molar-refractivity contribution >= 4 is 5.69 Å². The van der Waals surface area contributed by atoms with E-state index in [1.54, 1.807) is 6.07 Å². The zero-order valence-corrected chi connectivity index (χ0v) is 10.0. The second kappa shape index (κ2) is 4.29. The second-order valence-electron chi connectivity index (χ2n) is 4.52. The van der Waals surface area contributed by atoms with Gasteiger partial charge in [0.15, 0.2) is 5.69 Å². The highest BCUT2D eigenvalue weighted by molar-refractivity contribution is 5.57. The predicted molar refractivity (Wildman–Crippen MR) is 65.4 cm³/mol. The molecule has 0 atom stereocenters. The first-order valence-corrected chi connectivity index (χ1v) is 6.04. The summed E-state index contributed by atoms with van der Waals surface area (Å²) in [5, 5.41) is 6.83. The monoisotopic (exact) mass is 267 g/mol. The van der Waals surface area contributed by atoms with Gasteiger partial charge in [-0.05, 0) is 42.7 Å². The number of nitrogens with zero attached hydrogens (tertiary/aromatic N) is 2. The van der Waals surface area contributed by atoms with Crippen LogP contribution in [-0.4, -0.2) is 16.3 Å². The molecular weight excluding hydrogens is 255 g/mol. The Bertz CT molecular complexity index is 601. The van der Waals surface area contributed by atoms with E-state index >= 15 is 0 Å². The molecule has 0 spiro atoms. The van der Waals surface area contributed by atoms with Crippen LogP contribution in [-0.2, 0) is 12.6 Å². The Kier molecular flexibility index (Phi) is 2.73. The largest absolute Gasteiger partial charge is 0.435 e. The molecule has 6 heteroatoms. The summed E-state index contributed by atoms with van der Waals surface area (Å²) in [6, 6.07) is 6.52. The number of aryl methyl sites for hydroxylation is 1. The summed E-state index contributed by atoms with van der Waals surface area (Å²) >= 11 is 0. The Morgan fingerprint density at radius 3 is 2.79 bits per heavy atom. The average Bonchev–Trinajstić information content (AvgIpc) is 2.87. The molecule has 0 bridgehead atoms. The lowest BCUT2D eigenvalue weighted by atomic mass is 10.0. The highest BCUT2D eigenvalue weighted by Gasteiger charge is 2.33. The van der Waals surface area contributed by atoms with Gasteiger partial charge in [0.05, 0.1) is 5.69 Å². The van der Waals surface area contributed by atoms with E-state index in [0.717, 1.165) is 36.7 Å². The van der Waals surface area contributed by atoms with Crippen molar-refractivity contribution in [2.24, 2.45) is 0 Å². The third-order valence-electron chi connectivity index (χ3n) is 3.17. The standard InChI is InChI=1S/C13H12F3N3/c14-13(15,16)12-5-7-19(18-12)10-3-4-11-9(8-10)2-1-6-17-11/h3-5,7-8,17H,1-2,6H2. The first kappa shape index (κ1) is 12.1. The Morgan fingerprint density at radius 2 is 2.05 bits per heavy atom. The summed E-state index contributed by atoms with van der Waals surface area (Å²) in [6.07, 6.45) is -1.10. The number of halogens is 3. The highest BCUT2D eigenvalue weighted by atomic mass is 19.4. The number of nitrogens with one attached hydrogen (secondary N) is 1. The van der Waals surface area contributed by atoms with Crippen LogP contribution in [0.3, 0.4) is 0 Å². The van der Waals surface area contributed by atoms with Gasteiger partial charge in [-0.15, -0.1) is 0 Å². The van der Waals surface area contributed by atoms with Gasteiger partial charge in [0.25, 0.3) is 0 Å². The number of anilines is 1. The number of benzene rings is 1. The van der Waals surface area contributed by atoms with Gasteiger partial charge in [0.2, 0.25) is 0 Å². The van der Waals surface area contributed by atoms with E-state index in [-0.39, 0.29) is 0 Å². The van der Waals surface area contributed by atoms with Crippen molar-refractivity contribution in [3.8, 4) is 5.69 Å². The van der Waals surface area contributed by atoms with Crippen LogP contribution in [0.25, 0.3) is 5.69 Å². The summed E-state index contributed by atoms with van der Waals surface area (Å²) in [7, 11) is 0. The Hall–Kier alpha value is -1.98. The van der Waals surface area contributed by atoms with E-state index in [1.807, 2.05) is 12.1 Å². The van der Waals surface area contributed by atoms with E-state index in [4.69, 9.17) is 0 Å². The van der Waals surface area contributed by atoms with E-state index in [9.17, 15) is 13.2 Å². The van der Waals surface area contributed by atoms with Gasteiger partial charge < -0.3 is 5.32 Å². The van der Waals surface area contributed by atoms with E-state index in [1.165, 1.54) is 10.9 Å². The third kappa shape index (κ3) is 2.30. The van der Waals surface area contributed by atoms with Gasteiger partial charge in [-0.25, -0.2) is 4.68 Å². The number of alkyl halides is 3. The molecule has 3 rings (SSSR count). The number of hydrogen-bond acceptors (Lipinski definition) is 2. The van der Waals surface area contributed by atoms with Crippen LogP contribution >= 0.6 is 0 Å². The fourth-order valence-electron chi connectivity index (χ4n) is 2.22. The molecule has 1 aromatic heterocycles. The first-order valence-electron chi connectivity index (χ1n) is 6.04. The van der Waals surface area contributed by atoms with Crippen LogP contribution < -0.4 is 5.32 Å². The Balaban J connectivity index is 1.96. The second-order valence-corrected chi connectivity index (χ2v) is 4.52. The summed E-state index contributed by atoms with van der Waals surface area (Å²) in [5.74, 6) is 0.